The second-order valence-electron chi connectivity index (χ2n) is 4.84. The Morgan fingerprint density at radius 2 is 1.95 bits per heavy atom. The summed E-state index contributed by atoms with van der Waals surface area (Å²) in [4.78, 5) is 10.5. The molecule has 0 radical (unpaired) electrons. The Labute approximate surface area is 129 Å². The van der Waals surface area contributed by atoms with E-state index in [9.17, 15) is 4.79 Å². The molecule has 0 saturated carbocycles. The minimum atomic E-state index is -0.922. The molecule has 0 bridgehead atoms. The number of carboxylic acids is 1. The molecule has 108 valence electrons. The molecule has 3 heteroatoms. The lowest BCUT2D eigenvalue weighted by molar-refractivity contribution is -0.131. The number of aryl methyl sites for hydroxylation is 1. The van der Waals surface area contributed by atoms with Crippen molar-refractivity contribution in [1.82, 2.24) is 0 Å². The zero-order valence-corrected chi connectivity index (χ0v) is 12.8. The van der Waals surface area contributed by atoms with E-state index in [0.717, 1.165) is 17.1 Å². The zero-order chi connectivity index (χ0) is 15.1. The molecule has 0 unspecified atom stereocenters. The summed E-state index contributed by atoms with van der Waals surface area (Å²) in [5.41, 5.74) is 4.82. The molecule has 0 aromatic heterocycles. The van der Waals surface area contributed by atoms with Crippen molar-refractivity contribution in [3.63, 3.8) is 0 Å². The van der Waals surface area contributed by atoms with Crippen molar-refractivity contribution in [3.05, 3.63) is 76.9 Å². The maximum absolute atomic E-state index is 10.5. The molecule has 0 aliphatic heterocycles. The molecule has 0 aliphatic rings. The van der Waals surface area contributed by atoms with Crippen LogP contribution in [0.2, 0.25) is 0 Å². The van der Waals surface area contributed by atoms with Crippen LogP contribution in [-0.4, -0.2) is 11.1 Å². The van der Waals surface area contributed by atoms with Gasteiger partial charge in [0.05, 0.1) is 0 Å². The average molecular weight is 298 g/mol. The van der Waals surface area contributed by atoms with Gasteiger partial charge in [0.15, 0.2) is 0 Å². The van der Waals surface area contributed by atoms with E-state index in [-0.39, 0.29) is 0 Å². The Morgan fingerprint density at radius 3 is 2.71 bits per heavy atom. The van der Waals surface area contributed by atoms with Crippen molar-refractivity contribution in [2.24, 2.45) is 0 Å². The predicted molar refractivity (Wildman–Crippen MR) is 89.3 cm³/mol. The normalized spacial score (nSPS) is 10.9. The van der Waals surface area contributed by atoms with Crippen molar-refractivity contribution >= 4 is 23.8 Å². The van der Waals surface area contributed by atoms with Gasteiger partial charge < -0.3 is 5.11 Å². The lowest BCUT2D eigenvalue weighted by atomic mass is 10.1. The summed E-state index contributed by atoms with van der Waals surface area (Å²) < 4.78 is 0. The van der Waals surface area contributed by atoms with Crippen LogP contribution in [0.25, 0.3) is 6.08 Å². The van der Waals surface area contributed by atoms with Gasteiger partial charge in [-0.05, 0) is 35.3 Å². The Morgan fingerprint density at radius 1 is 1.14 bits per heavy atom. The van der Waals surface area contributed by atoms with Crippen LogP contribution >= 0.6 is 11.8 Å². The molecule has 1 N–H and O–H groups in total. The third-order valence-electron chi connectivity index (χ3n) is 3.16. The van der Waals surface area contributed by atoms with Crippen LogP contribution in [0.5, 0.6) is 0 Å². The fraction of sp³-hybridized carbons (Fsp3) is 0.167. The van der Waals surface area contributed by atoms with Crippen LogP contribution in [-0.2, 0) is 16.3 Å². The lowest BCUT2D eigenvalue weighted by Gasteiger charge is -2.06. The first-order valence-electron chi connectivity index (χ1n) is 6.77. The second kappa shape index (κ2) is 7.70. The molecule has 2 rings (SSSR count). The Bertz CT molecular complexity index is 647. The fourth-order valence-electron chi connectivity index (χ4n) is 2.00. The minimum Gasteiger partial charge on any atom is -0.478 e. The number of carboxylic acid groups (broad SMARTS) is 1. The van der Waals surface area contributed by atoms with Gasteiger partial charge in [0, 0.05) is 17.6 Å². The number of hydrogen-bond donors (Lipinski definition) is 1. The largest absolute Gasteiger partial charge is 0.478 e. The standard InChI is InChI=1S/C18H18O2S/c1-14-5-2-3-8-17(14)13-21-12-16-7-4-6-15(11-16)9-10-18(19)20/h2-11H,12-13H2,1H3,(H,19,20). The Hall–Kier alpha value is -2.00. The highest BCUT2D eigenvalue weighted by atomic mass is 32.2. The van der Waals surface area contributed by atoms with Gasteiger partial charge in [-0.25, -0.2) is 4.79 Å². The first-order valence-corrected chi connectivity index (χ1v) is 7.93. The zero-order valence-electron chi connectivity index (χ0n) is 12.0. The molecule has 2 aromatic carbocycles. The highest BCUT2D eigenvalue weighted by Crippen LogP contribution is 2.20. The first kappa shape index (κ1) is 15.4. The molecule has 0 fully saturated rings. The van der Waals surface area contributed by atoms with Gasteiger partial charge in [-0.1, -0.05) is 48.5 Å². The molecule has 0 saturated heterocycles. The summed E-state index contributed by atoms with van der Waals surface area (Å²) in [5, 5.41) is 8.65. The molecule has 2 nitrogen and oxygen atoms in total. The van der Waals surface area contributed by atoms with Crippen molar-refractivity contribution in [1.29, 1.82) is 0 Å². The van der Waals surface area contributed by atoms with E-state index >= 15 is 0 Å². The molecule has 0 heterocycles. The van der Waals surface area contributed by atoms with Gasteiger partial charge in [-0.15, -0.1) is 0 Å². The minimum absolute atomic E-state index is 0.920. The molecule has 0 amide bonds. The van der Waals surface area contributed by atoms with Gasteiger partial charge in [-0.3, -0.25) is 0 Å². The third kappa shape index (κ3) is 5.12. The topological polar surface area (TPSA) is 37.3 Å². The van der Waals surface area contributed by atoms with E-state index in [0.29, 0.717) is 0 Å². The molecule has 0 spiro atoms. The summed E-state index contributed by atoms with van der Waals surface area (Å²) in [6.45, 7) is 2.13. The van der Waals surface area contributed by atoms with Crippen molar-refractivity contribution in [3.8, 4) is 0 Å². The molecule has 2 aromatic rings. The van der Waals surface area contributed by atoms with Crippen molar-refractivity contribution in [2.75, 3.05) is 0 Å². The van der Waals surface area contributed by atoms with Gasteiger partial charge in [0.1, 0.15) is 0 Å². The van der Waals surface area contributed by atoms with Gasteiger partial charge in [0.25, 0.3) is 0 Å². The van der Waals surface area contributed by atoms with Crippen LogP contribution < -0.4 is 0 Å². The summed E-state index contributed by atoms with van der Waals surface area (Å²) in [6.07, 6.45) is 2.79. The van der Waals surface area contributed by atoms with Crippen LogP contribution in [0.3, 0.4) is 0 Å². The maximum Gasteiger partial charge on any atom is 0.328 e. The first-order chi connectivity index (χ1) is 10.1. The number of thioether (sulfide) groups is 1. The highest BCUT2D eigenvalue weighted by Gasteiger charge is 1.99. The van der Waals surface area contributed by atoms with E-state index in [2.05, 4.69) is 37.3 Å². The summed E-state index contributed by atoms with van der Waals surface area (Å²) >= 11 is 1.87. The number of benzene rings is 2. The average Bonchev–Trinajstić information content (AvgIpc) is 2.48. The number of carbonyl (C=O) groups is 1. The Kier molecular flexibility index (Phi) is 5.64. The molecule has 0 aliphatic carbocycles. The monoisotopic (exact) mass is 298 g/mol. The fourth-order valence-corrected chi connectivity index (χ4v) is 3.07. The summed E-state index contributed by atoms with van der Waals surface area (Å²) in [7, 11) is 0. The summed E-state index contributed by atoms with van der Waals surface area (Å²) in [6, 6.07) is 16.4. The Balaban J connectivity index is 1.93. The van der Waals surface area contributed by atoms with Crippen molar-refractivity contribution in [2.45, 2.75) is 18.4 Å². The predicted octanol–water partition coefficient (Wildman–Crippen LogP) is 4.53. The molecule has 21 heavy (non-hydrogen) atoms. The number of rotatable bonds is 6. The summed E-state index contributed by atoms with van der Waals surface area (Å²) in [5.74, 6) is 0.986. The van der Waals surface area contributed by atoms with E-state index in [1.807, 2.05) is 30.0 Å². The third-order valence-corrected chi connectivity index (χ3v) is 4.21. The van der Waals surface area contributed by atoms with E-state index < -0.39 is 5.97 Å². The van der Waals surface area contributed by atoms with E-state index in [4.69, 9.17) is 5.11 Å². The highest BCUT2D eigenvalue weighted by molar-refractivity contribution is 7.97. The second-order valence-corrected chi connectivity index (χ2v) is 5.82. The number of hydrogen-bond acceptors (Lipinski definition) is 2. The number of aliphatic carboxylic acids is 1. The van der Waals surface area contributed by atoms with Crippen LogP contribution in [0.15, 0.2) is 54.6 Å². The van der Waals surface area contributed by atoms with Crippen LogP contribution in [0.4, 0.5) is 0 Å². The smallest absolute Gasteiger partial charge is 0.328 e. The maximum atomic E-state index is 10.5. The van der Waals surface area contributed by atoms with Gasteiger partial charge in [-0.2, -0.15) is 11.8 Å². The van der Waals surface area contributed by atoms with Crippen molar-refractivity contribution < 1.29 is 9.90 Å². The van der Waals surface area contributed by atoms with Gasteiger partial charge in [0.2, 0.25) is 0 Å². The van der Waals surface area contributed by atoms with Gasteiger partial charge >= 0.3 is 5.97 Å². The SMILES string of the molecule is Cc1ccccc1CSCc1cccc(C=CC(=O)O)c1. The molecular weight excluding hydrogens is 280 g/mol. The van der Waals surface area contributed by atoms with E-state index in [1.165, 1.54) is 22.8 Å². The lowest BCUT2D eigenvalue weighted by Crippen LogP contribution is -1.88. The van der Waals surface area contributed by atoms with E-state index in [1.54, 1.807) is 6.08 Å². The molecule has 0 atom stereocenters. The quantitative estimate of drug-likeness (QED) is 0.796. The van der Waals surface area contributed by atoms with Crippen LogP contribution in [0.1, 0.15) is 22.3 Å². The van der Waals surface area contributed by atoms with Crippen LogP contribution in [0, 0.1) is 6.92 Å². The molecular formula is C18H18O2S.